The number of hydrogen-bond donors (Lipinski definition) is 0. The van der Waals surface area contributed by atoms with Gasteiger partial charge in [-0.1, -0.05) is 54.1 Å². The standard InChI is InChI=1S/C20H20ClNO2/c21-17-9-7-16(8-10-17)20-13-12-19(23)22(20)14-18(24-20)11-6-15-4-2-1-3-5-15/h1-5,7-10,18H,6,11-14H2/t18-,20-/m1/s1. The summed E-state index contributed by atoms with van der Waals surface area (Å²) in [6, 6.07) is 18.1. The lowest BCUT2D eigenvalue weighted by atomic mass is 10.0. The summed E-state index contributed by atoms with van der Waals surface area (Å²) in [4.78, 5) is 14.3. The van der Waals surface area contributed by atoms with Crippen molar-refractivity contribution in [1.29, 1.82) is 0 Å². The third kappa shape index (κ3) is 2.72. The van der Waals surface area contributed by atoms with E-state index < -0.39 is 5.72 Å². The van der Waals surface area contributed by atoms with Crippen molar-refractivity contribution in [2.45, 2.75) is 37.5 Å². The van der Waals surface area contributed by atoms with Crippen LogP contribution in [0.15, 0.2) is 54.6 Å². The first-order valence-corrected chi connectivity index (χ1v) is 8.83. The van der Waals surface area contributed by atoms with Crippen molar-refractivity contribution in [3.8, 4) is 0 Å². The molecule has 2 atom stereocenters. The summed E-state index contributed by atoms with van der Waals surface area (Å²) >= 11 is 6.01. The van der Waals surface area contributed by atoms with Crippen molar-refractivity contribution in [3.63, 3.8) is 0 Å². The fraction of sp³-hybridized carbons (Fsp3) is 0.350. The Balaban J connectivity index is 1.53. The second-order valence-corrected chi connectivity index (χ2v) is 7.00. The van der Waals surface area contributed by atoms with Crippen LogP contribution in [-0.2, 0) is 21.7 Å². The first-order chi connectivity index (χ1) is 11.7. The maximum atomic E-state index is 12.3. The van der Waals surface area contributed by atoms with Gasteiger partial charge in [0, 0.05) is 23.4 Å². The highest BCUT2D eigenvalue weighted by Gasteiger charge is 2.54. The van der Waals surface area contributed by atoms with Gasteiger partial charge in [-0.05, 0) is 30.5 Å². The van der Waals surface area contributed by atoms with E-state index in [9.17, 15) is 4.79 Å². The molecular weight excluding hydrogens is 322 g/mol. The first kappa shape index (κ1) is 15.7. The number of benzene rings is 2. The van der Waals surface area contributed by atoms with Gasteiger partial charge in [-0.3, -0.25) is 4.79 Å². The maximum Gasteiger partial charge on any atom is 0.225 e. The minimum Gasteiger partial charge on any atom is -0.346 e. The Morgan fingerprint density at radius 2 is 1.88 bits per heavy atom. The maximum absolute atomic E-state index is 12.3. The van der Waals surface area contributed by atoms with E-state index in [1.54, 1.807) is 0 Å². The van der Waals surface area contributed by atoms with E-state index in [0.717, 1.165) is 24.8 Å². The molecule has 124 valence electrons. The minimum absolute atomic E-state index is 0.0742. The number of rotatable bonds is 4. The molecule has 2 fully saturated rings. The quantitative estimate of drug-likeness (QED) is 0.836. The zero-order chi connectivity index (χ0) is 16.6. The topological polar surface area (TPSA) is 29.5 Å². The first-order valence-electron chi connectivity index (χ1n) is 8.46. The van der Waals surface area contributed by atoms with Gasteiger partial charge in [-0.15, -0.1) is 0 Å². The van der Waals surface area contributed by atoms with E-state index in [2.05, 4.69) is 24.3 Å². The van der Waals surface area contributed by atoms with E-state index >= 15 is 0 Å². The second kappa shape index (κ2) is 6.23. The average Bonchev–Trinajstić information content (AvgIpc) is 3.13. The van der Waals surface area contributed by atoms with Crippen LogP contribution < -0.4 is 0 Å². The number of ether oxygens (including phenoxy) is 1. The molecule has 24 heavy (non-hydrogen) atoms. The number of carbonyl (C=O) groups excluding carboxylic acids is 1. The molecular formula is C20H20ClNO2. The van der Waals surface area contributed by atoms with Crippen molar-refractivity contribution >= 4 is 17.5 Å². The molecule has 0 aliphatic carbocycles. The normalized spacial score (nSPS) is 26.0. The number of fused-ring (bicyclic) bond motifs is 1. The lowest BCUT2D eigenvalue weighted by Crippen LogP contribution is -2.38. The third-order valence-corrected chi connectivity index (χ3v) is 5.31. The molecule has 4 rings (SSSR count). The van der Waals surface area contributed by atoms with Crippen LogP contribution in [0, 0.1) is 0 Å². The smallest absolute Gasteiger partial charge is 0.225 e. The van der Waals surface area contributed by atoms with Crippen molar-refractivity contribution in [1.82, 2.24) is 4.90 Å². The van der Waals surface area contributed by atoms with Gasteiger partial charge >= 0.3 is 0 Å². The molecule has 2 aliphatic heterocycles. The number of halogens is 1. The van der Waals surface area contributed by atoms with Gasteiger partial charge in [0.15, 0.2) is 5.72 Å². The number of carbonyl (C=O) groups is 1. The summed E-state index contributed by atoms with van der Waals surface area (Å²) in [6.45, 7) is 0.675. The molecule has 4 heteroatoms. The van der Waals surface area contributed by atoms with E-state index in [-0.39, 0.29) is 12.0 Å². The SMILES string of the molecule is O=C1CC[C@]2(c3ccc(Cl)cc3)O[C@H](CCc3ccccc3)CN12. The van der Waals surface area contributed by atoms with Crippen molar-refractivity contribution in [2.24, 2.45) is 0 Å². The summed E-state index contributed by atoms with van der Waals surface area (Å²) in [5, 5.41) is 0.699. The Hall–Kier alpha value is -1.84. The highest BCUT2D eigenvalue weighted by atomic mass is 35.5. The van der Waals surface area contributed by atoms with E-state index in [1.165, 1.54) is 5.56 Å². The largest absolute Gasteiger partial charge is 0.346 e. The van der Waals surface area contributed by atoms with Crippen molar-refractivity contribution in [3.05, 3.63) is 70.7 Å². The number of aryl methyl sites for hydroxylation is 1. The van der Waals surface area contributed by atoms with Crippen molar-refractivity contribution < 1.29 is 9.53 Å². The molecule has 2 aliphatic rings. The van der Waals surface area contributed by atoms with Gasteiger partial charge in [-0.2, -0.15) is 0 Å². The van der Waals surface area contributed by atoms with Gasteiger partial charge in [-0.25, -0.2) is 0 Å². The van der Waals surface area contributed by atoms with Crippen LogP contribution in [0.4, 0.5) is 0 Å². The lowest BCUT2D eigenvalue weighted by Gasteiger charge is -2.31. The Kier molecular flexibility index (Phi) is 4.07. The predicted octanol–water partition coefficient (Wildman–Crippen LogP) is 4.15. The highest BCUT2D eigenvalue weighted by molar-refractivity contribution is 6.30. The van der Waals surface area contributed by atoms with E-state index in [0.29, 0.717) is 18.0 Å². The van der Waals surface area contributed by atoms with E-state index in [4.69, 9.17) is 16.3 Å². The Labute approximate surface area is 147 Å². The number of nitrogens with zero attached hydrogens (tertiary/aromatic N) is 1. The molecule has 0 N–H and O–H groups in total. The highest BCUT2D eigenvalue weighted by Crippen LogP contribution is 2.46. The summed E-state index contributed by atoms with van der Waals surface area (Å²) in [5.74, 6) is 0.187. The predicted molar refractivity (Wildman–Crippen MR) is 93.7 cm³/mol. The number of amides is 1. The molecule has 0 bridgehead atoms. The molecule has 0 spiro atoms. The molecule has 0 aromatic heterocycles. The van der Waals surface area contributed by atoms with Gasteiger partial charge < -0.3 is 9.64 Å². The Morgan fingerprint density at radius 1 is 1.12 bits per heavy atom. The molecule has 2 aromatic rings. The fourth-order valence-electron chi connectivity index (χ4n) is 3.84. The zero-order valence-electron chi connectivity index (χ0n) is 13.5. The van der Waals surface area contributed by atoms with Crippen LogP contribution in [0.2, 0.25) is 5.02 Å². The van der Waals surface area contributed by atoms with Crippen LogP contribution in [0.3, 0.4) is 0 Å². The second-order valence-electron chi connectivity index (χ2n) is 6.56. The minimum atomic E-state index is -0.594. The number of hydrogen-bond acceptors (Lipinski definition) is 2. The van der Waals surface area contributed by atoms with Crippen molar-refractivity contribution in [2.75, 3.05) is 6.54 Å². The zero-order valence-corrected chi connectivity index (χ0v) is 14.2. The summed E-state index contributed by atoms with van der Waals surface area (Å²) in [7, 11) is 0. The third-order valence-electron chi connectivity index (χ3n) is 5.06. The van der Waals surface area contributed by atoms with Gasteiger partial charge in [0.05, 0.1) is 12.6 Å². The molecule has 0 unspecified atom stereocenters. The van der Waals surface area contributed by atoms with Gasteiger partial charge in [0.1, 0.15) is 0 Å². The molecule has 3 nitrogen and oxygen atoms in total. The molecule has 2 aromatic carbocycles. The van der Waals surface area contributed by atoms with E-state index in [1.807, 2.05) is 35.2 Å². The molecule has 2 saturated heterocycles. The van der Waals surface area contributed by atoms with Gasteiger partial charge in [0.25, 0.3) is 0 Å². The lowest BCUT2D eigenvalue weighted by molar-refractivity contribution is -0.140. The molecule has 0 saturated carbocycles. The van der Waals surface area contributed by atoms with Gasteiger partial charge in [0.2, 0.25) is 5.91 Å². The monoisotopic (exact) mass is 341 g/mol. The van der Waals surface area contributed by atoms with Crippen LogP contribution in [0.5, 0.6) is 0 Å². The fourth-order valence-corrected chi connectivity index (χ4v) is 3.96. The molecule has 2 heterocycles. The van der Waals surface area contributed by atoms with Crippen LogP contribution >= 0.6 is 11.6 Å². The molecule has 0 radical (unpaired) electrons. The van der Waals surface area contributed by atoms with Crippen LogP contribution in [0.25, 0.3) is 0 Å². The average molecular weight is 342 g/mol. The van der Waals surface area contributed by atoms with Crippen LogP contribution in [-0.4, -0.2) is 23.5 Å². The summed E-state index contributed by atoms with van der Waals surface area (Å²) in [5.41, 5.74) is 1.74. The Bertz CT molecular complexity index is 731. The van der Waals surface area contributed by atoms with Crippen LogP contribution in [0.1, 0.15) is 30.4 Å². The molecule has 1 amide bonds. The Morgan fingerprint density at radius 3 is 2.62 bits per heavy atom. The summed E-state index contributed by atoms with van der Waals surface area (Å²) in [6.07, 6.45) is 3.22. The summed E-state index contributed by atoms with van der Waals surface area (Å²) < 4.78 is 6.45.